The summed E-state index contributed by atoms with van der Waals surface area (Å²) in [6.07, 6.45) is 0.815. The minimum absolute atomic E-state index is 0.0863. The van der Waals surface area contributed by atoms with Crippen molar-refractivity contribution in [1.29, 1.82) is 0 Å². The molecule has 1 N–H and O–H groups in total. The Labute approximate surface area is 153 Å². The number of halogens is 1. The first kappa shape index (κ1) is 19.0. The second-order valence-corrected chi connectivity index (χ2v) is 6.48. The molecule has 2 aromatic rings. The number of benzene rings is 2. The molecule has 25 heavy (non-hydrogen) atoms. The number of nitrogens with zero attached hydrogens (tertiary/aromatic N) is 1. The Morgan fingerprint density at radius 1 is 1.16 bits per heavy atom. The lowest BCUT2D eigenvalue weighted by molar-refractivity contribution is -0.120. The fourth-order valence-electron chi connectivity index (χ4n) is 2.88. The van der Waals surface area contributed by atoms with E-state index < -0.39 is 0 Å². The average Bonchev–Trinajstić information content (AvgIpc) is 2.53. The van der Waals surface area contributed by atoms with E-state index in [1.54, 1.807) is 6.07 Å². The van der Waals surface area contributed by atoms with Crippen molar-refractivity contribution in [2.24, 2.45) is 0 Å². The Morgan fingerprint density at radius 3 is 2.44 bits per heavy atom. The summed E-state index contributed by atoms with van der Waals surface area (Å²) in [6.45, 7) is 7.20. The predicted molar refractivity (Wildman–Crippen MR) is 103 cm³/mol. The van der Waals surface area contributed by atoms with Crippen LogP contribution in [0.3, 0.4) is 0 Å². The van der Waals surface area contributed by atoms with Gasteiger partial charge in [-0.15, -0.1) is 0 Å². The molecule has 132 valence electrons. The molecule has 0 saturated heterocycles. The summed E-state index contributed by atoms with van der Waals surface area (Å²) < 4.78 is 0. The van der Waals surface area contributed by atoms with Crippen molar-refractivity contribution in [2.75, 3.05) is 16.8 Å². The first-order valence-corrected chi connectivity index (χ1v) is 8.63. The molecule has 0 atom stereocenters. The lowest BCUT2D eigenvalue weighted by Crippen LogP contribution is -2.37. The maximum atomic E-state index is 12.5. The van der Waals surface area contributed by atoms with Crippen LogP contribution in [0.2, 0.25) is 5.02 Å². The van der Waals surface area contributed by atoms with Gasteiger partial charge in [0.25, 0.3) is 0 Å². The van der Waals surface area contributed by atoms with E-state index in [4.69, 9.17) is 11.6 Å². The van der Waals surface area contributed by atoms with Gasteiger partial charge in [-0.2, -0.15) is 0 Å². The Balaban J connectivity index is 2.25. The molecular formula is C20H23ClN2O2. The van der Waals surface area contributed by atoms with Crippen LogP contribution < -0.4 is 10.2 Å². The number of hydrogen-bond donors (Lipinski definition) is 1. The van der Waals surface area contributed by atoms with Gasteiger partial charge in [0.15, 0.2) is 0 Å². The predicted octanol–water partition coefficient (Wildman–Crippen LogP) is 4.51. The van der Waals surface area contributed by atoms with Gasteiger partial charge in [0.1, 0.15) is 6.54 Å². The molecule has 0 fully saturated rings. The number of carbonyl (C=O) groups is 2. The third-order valence-corrected chi connectivity index (χ3v) is 4.31. The first-order chi connectivity index (χ1) is 11.8. The lowest BCUT2D eigenvalue weighted by Gasteiger charge is -2.24. The first-order valence-electron chi connectivity index (χ1n) is 8.26. The monoisotopic (exact) mass is 358 g/mol. The standard InChI is InChI=1S/C20H23ClN2O2/c1-5-16-8-6-7-9-18(16)22-19(25)12-23(15(4)24)20-14(3)10-13(2)11-17(20)21/h6-11H,5,12H2,1-4H3,(H,22,25). The molecule has 0 bridgehead atoms. The zero-order valence-corrected chi connectivity index (χ0v) is 15.8. The molecule has 0 saturated carbocycles. The van der Waals surface area contributed by atoms with Gasteiger partial charge in [-0.3, -0.25) is 9.59 Å². The van der Waals surface area contributed by atoms with Gasteiger partial charge in [0.05, 0.1) is 10.7 Å². The fraction of sp³-hybridized carbons (Fsp3) is 0.300. The molecular weight excluding hydrogens is 336 g/mol. The summed E-state index contributed by atoms with van der Waals surface area (Å²) >= 11 is 6.34. The average molecular weight is 359 g/mol. The minimum atomic E-state index is -0.257. The molecule has 5 heteroatoms. The maximum absolute atomic E-state index is 12.5. The number of amides is 2. The summed E-state index contributed by atoms with van der Waals surface area (Å²) in [5.41, 5.74) is 4.27. The van der Waals surface area contributed by atoms with Crippen LogP contribution in [0.25, 0.3) is 0 Å². The SMILES string of the molecule is CCc1ccccc1NC(=O)CN(C(C)=O)c1c(C)cc(C)cc1Cl. The Kier molecular flexibility index (Phi) is 6.21. The van der Waals surface area contributed by atoms with E-state index in [0.29, 0.717) is 10.7 Å². The topological polar surface area (TPSA) is 49.4 Å². The molecule has 2 amide bonds. The Bertz CT molecular complexity index is 779. The van der Waals surface area contributed by atoms with E-state index in [1.165, 1.54) is 11.8 Å². The molecule has 0 unspecified atom stereocenters. The van der Waals surface area contributed by atoms with Gasteiger partial charge in [0, 0.05) is 12.6 Å². The second kappa shape index (κ2) is 8.17. The molecule has 4 nitrogen and oxygen atoms in total. The van der Waals surface area contributed by atoms with E-state index in [-0.39, 0.29) is 18.4 Å². The molecule has 0 aromatic heterocycles. The molecule has 0 aliphatic rings. The van der Waals surface area contributed by atoms with E-state index in [9.17, 15) is 9.59 Å². The van der Waals surface area contributed by atoms with E-state index in [1.807, 2.05) is 51.1 Å². The van der Waals surface area contributed by atoms with Crippen LogP contribution in [-0.2, 0) is 16.0 Å². The number of nitrogens with one attached hydrogen (secondary N) is 1. The van der Waals surface area contributed by atoms with Crippen LogP contribution in [0.1, 0.15) is 30.5 Å². The second-order valence-electron chi connectivity index (χ2n) is 6.08. The highest BCUT2D eigenvalue weighted by Crippen LogP contribution is 2.31. The summed E-state index contributed by atoms with van der Waals surface area (Å²) in [5, 5.41) is 3.36. The molecule has 0 aliphatic heterocycles. The van der Waals surface area contributed by atoms with E-state index >= 15 is 0 Å². The molecule has 2 aromatic carbocycles. The van der Waals surface area contributed by atoms with E-state index in [0.717, 1.165) is 28.8 Å². The van der Waals surface area contributed by atoms with Gasteiger partial charge >= 0.3 is 0 Å². The van der Waals surface area contributed by atoms with Crippen LogP contribution in [0, 0.1) is 13.8 Å². The van der Waals surface area contributed by atoms with Crippen molar-refractivity contribution in [3.63, 3.8) is 0 Å². The normalized spacial score (nSPS) is 10.4. The van der Waals surface area contributed by atoms with E-state index in [2.05, 4.69) is 5.32 Å². The van der Waals surface area contributed by atoms with Crippen molar-refractivity contribution in [3.8, 4) is 0 Å². The van der Waals surface area contributed by atoms with Crippen LogP contribution in [-0.4, -0.2) is 18.4 Å². The number of anilines is 2. The zero-order chi connectivity index (χ0) is 18.6. The fourth-order valence-corrected chi connectivity index (χ4v) is 3.30. The molecule has 0 radical (unpaired) electrons. The highest BCUT2D eigenvalue weighted by atomic mass is 35.5. The summed E-state index contributed by atoms with van der Waals surface area (Å²) in [7, 11) is 0. The highest BCUT2D eigenvalue weighted by Gasteiger charge is 2.21. The third kappa shape index (κ3) is 4.60. The van der Waals surface area contributed by atoms with Crippen LogP contribution in [0.4, 0.5) is 11.4 Å². The van der Waals surface area contributed by atoms with Crippen LogP contribution in [0.5, 0.6) is 0 Å². The largest absolute Gasteiger partial charge is 0.324 e. The van der Waals surface area contributed by atoms with Gasteiger partial charge < -0.3 is 10.2 Å². The molecule has 0 spiro atoms. The van der Waals surface area contributed by atoms with Crippen molar-refractivity contribution in [2.45, 2.75) is 34.1 Å². The van der Waals surface area contributed by atoms with Gasteiger partial charge in [-0.25, -0.2) is 0 Å². The Hall–Kier alpha value is -2.33. The van der Waals surface area contributed by atoms with Crippen LogP contribution >= 0.6 is 11.6 Å². The lowest BCUT2D eigenvalue weighted by atomic mass is 10.1. The number of para-hydroxylation sites is 1. The maximum Gasteiger partial charge on any atom is 0.244 e. The number of hydrogen-bond acceptors (Lipinski definition) is 2. The van der Waals surface area contributed by atoms with Crippen molar-refractivity contribution in [3.05, 3.63) is 58.1 Å². The summed E-state index contributed by atoms with van der Waals surface area (Å²) in [4.78, 5) is 26.1. The van der Waals surface area contributed by atoms with Crippen molar-refractivity contribution >= 4 is 34.8 Å². The molecule has 0 heterocycles. The highest BCUT2D eigenvalue weighted by molar-refractivity contribution is 6.34. The van der Waals surface area contributed by atoms with Crippen LogP contribution in [0.15, 0.2) is 36.4 Å². The number of rotatable bonds is 5. The quantitative estimate of drug-likeness (QED) is 0.854. The smallest absolute Gasteiger partial charge is 0.244 e. The number of aryl methyl sites for hydroxylation is 3. The Morgan fingerprint density at radius 2 is 1.84 bits per heavy atom. The van der Waals surface area contributed by atoms with Gasteiger partial charge in [0.2, 0.25) is 11.8 Å². The van der Waals surface area contributed by atoms with Gasteiger partial charge in [-0.05, 0) is 49.1 Å². The molecule has 0 aliphatic carbocycles. The zero-order valence-electron chi connectivity index (χ0n) is 15.0. The molecule has 2 rings (SSSR count). The summed E-state index contributed by atoms with van der Waals surface area (Å²) in [6, 6.07) is 11.4. The summed E-state index contributed by atoms with van der Waals surface area (Å²) in [5.74, 6) is -0.486. The minimum Gasteiger partial charge on any atom is -0.324 e. The van der Waals surface area contributed by atoms with Crippen molar-refractivity contribution < 1.29 is 9.59 Å². The number of carbonyl (C=O) groups excluding carboxylic acids is 2. The third-order valence-electron chi connectivity index (χ3n) is 4.02. The van der Waals surface area contributed by atoms with Crippen molar-refractivity contribution in [1.82, 2.24) is 0 Å². The van der Waals surface area contributed by atoms with Gasteiger partial charge in [-0.1, -0.05) is 42.8 Å².